The summed E-state index contributed by atoms with van der Waals surface area (Å²) in [6.07, 6.45) is 0. The van der Waals surface area contributed by atoms with E-state index in [4.69, 9.17) is 4.74 Å². The van der Waals surface area contributed by atoms with Crippen molar-refractivity contribution < 1.29 is 21.6 Å². The van der Waals surface area contributed by atoms with Gasteiger partial charge in [-0.1, -0.05) is 6.07 Å². The summed E-state index contributed by atoms with van der Waals surface area (Å²) in [5.74, 6) is 0.0274. The van der Waals surface area contributed by atoms with Gasteiger partial charge in [0.1, 0.15) is 5.75 Å². The zero-order valence-corrected chi connectivity index (χ0v) is 19.8. The van der Waals surface area contributed by atoms with E-state index in [-0.39, 0.29) is 22.4 Å². The van der Waals surface area contributed by atoms with E-state index in [1.807, 2.05) is 43.4 Å². The Morgan fingerprint density at radius 3 is 2.47 bits per heavy atom. The molecule has 0 saturated carbocycles. The number of thiophene rings is 1. The summed E-state index contributed by atoms with van der Waals surface area (Å²) < 4.78 is 56.6. The van der Waals surface area contributed by atoms with Crippen molar-refractivity contribution in [3.63, 3.8) is 0 Å². The molecule has 7 nitrogen and oxygen atoms in total. The van der Waals surface area contributed by atoms with Crippen molar-refractivity contribution in [2.75, 3.05) is 38.8 Å². The molecule has 0 spiro atoms. The molecule has 0 aliphatic carbocycles. The SMILES string of the molecule is CCOc1ccc(S(=O)(=O)[C@H]2CS(=O)(=O)C[C@@H]2NCC(c2cccs2)N(C)C)cc1. The van der Waals surface area contributed by atoms with E-state index in [2.05, 4.69) is 5.32 Å². The summed E-state index contributed by atoms with van der Waals surface area (Å²) in [6, 6.07) is 9.53. The molecule has 1 unspecified atom stereocenters. The highest BCUT2D eigenvalue weighted by Crippen LogP contribution is 2.28. The number of nitrogens with zero attached hydrogens (tertiary/aromatic N) is 1. The van der Waals surface area contributed by atoms with Crippen LogP contribution >= 0.6 is 11.3 Å². The second-order valence-electron chi connectivity index (χ2n) is 7.57. The van der Waals surface area contributed by atoms with Crippen molar-refractivity contribution in [1.82, 2.24) is 10.2 Å². The quantitative estimate of drug-likeness (QED) is 0.596. The molecule has 1 aromatic carbocycles. The first-order valence-corrected chi connectivity index (χ1v) is 14.0. The fourth-order valence-corrected chi connectivity index (χ4v) is 9.30. The third kappa shape index (κ3) is 5.23. The highest BCUT2D eigenvalue weighted by atomic mass is 32.2. The van der Waals surface area contributed by atoms with Crippen LogP contribution in [-0.4, -0.2) is 71.8 Å². The van der Waals surface area contributed by atoms with Gasteiger partial charge in [0, 0.05) is 17.5 Å². The Bertz CT molecular complexity index is 1030. The monoisotopic (exact) mass is 472 g/mol. The van der Waals surface area contributed by atoms with Gasteiger partial charge in [-0.3, -0.25) is 0 Å². The van der Waals surface area contributed by atoms with E-state index in [9.17, 15) is 16.8 Å². The fraction of sp³-hybridized carbons (Fsp3) is 0.500. The number of rotatable bonds is 9. The molecule has 2 aromatic rings. The number of benzene rings is 1. The van der Waals surface area contributed by atoms with Gasteiger partial charge in [0.2, 0.25) is 0 Å². The maximum Gasteiger partial charge on any atom is 0.183 e. The Kier molecular flexibility index (Phi) is 7.24. The Morgan fingerprint density at radius 1 is 1.20 bits per heavy atom. The van der Waals surface area contributed by atoms with Gasteiger partial charge in [-0.15, -0.1) is 11.3 Å². The summed E-state index contributed by atoms with van der Waals surface area (Å²) >= 11 is 1.62. The van der Waals surface area contributed by atoms with Crippen molar-refractivity contribution in [2.24, 2.45) is 0 Å². The molecule has 1 N–H and O–H groups in total. The van der Waals surface area contributed by atoms with E-state index in [0.29, 0.717) is 18.9 Å². The molecule has 166 valence electrons. The van der Waals surface area contributed by atoms with Crippen LogP contribution in [0.1, 0.15) is 17.8 Å². The third-order valence-corrected chi connectivity index (χ3v) is 10.4. The zero-order valence-electron chi connectivity index (χ0n) is 17.3. The highest BCUT2D eigenvalue weighted by Gasteiger charge is 2.45. The third-order valence-electron chi connectivity index (χ3n) is 5.23. The fourth-order valence-electron chi connectivity index (χ4n) is 3.66. The predicted octanol–water partition coefficient (Wildman–Crippen LogP) is 1.98. The van der Waals surface area contributed by atoms with Crippen LogP contribution in [-0.2, 0) is 19.7 Å². The molecule has 1 saturated heterocycles. The van der Waals surface area contributed by atoms with Crippen LogP contribution < -0.4 is 10.1 Å². The normalized spacial score (nSPS) is 22.3. The predicted molar refractivity (Wildman–Crippen MR) is 120 cm³/mol. The van der Waals surface area contributed by atoms with Gasteiger partial charge in [-0.25, -0.2) is 16.8 Å². The average Bonchev–Trinajstić information content (AvgIpc) is 3.30. The maximum absolute atomic E-state index is 13.3. The lowest BCUT2D eigenvalue weighted by Gasteiger charge is -2.27. The molecule has 2 heterocycles. The Balaban J connectivity index is 1.81. The van der Waals surface area contributed by atoms with Crippen molar-refractivity contribution in [3.05, 3.63) is 46.7 Å². The highest BCUT2D eigenvalue weighted by molar-refractivity contribution is 7.96. The molecule has 1 aliphatic heterocycles. The van der Waals surface area contributed by atoms with Gasteiger partial charge in [0.05, 0.1) is 34.3 Å². The maximum atomic E-state index is 13.3. The van der Waals surface area contributed by atoms with Crippen molar-refractivity contribution >= 4 is 31.0 Å². The minimum atomic E-state index is -3.82. The number of hydrogen-bond acceptors (Lipinski definition) is 8. The summed E-state index contributed by atoms with van der Waals surface area (Å²) in [7, 11) is -3.37. The number of hydrogen-bond donors (Lipinski definition) is 1. The first-order chi connectivity index (χ1) is 14.1. The average molecular weight is 473 g/mol. The molecule has 0 bridgehead atoms. The van der Waals surface area contributed by atoms with Gasteiger partial charge in [0.15, 0.2) is 19.7 Å². The summed E-state index contributed by atoms with van der Waals surface area (Å²) in [6.45, 7) is 2.79. The molecule has 1 aliphatic rings. The molecule has 3 atom stereocenters. The van der Waals surface area contributed by atoms with Crippen LogP contribution in [0.3, 0.4) is 0 Å². The topological polar surface area (TPSA) is 92.8 Å². The summed E-state index contributed by atoms with van der Waals surface area (Å²) in [5.41, 5.74) is 0. The second kappa shape index (κ2) is 9.35. The minimum absolute atomic E-state index is 0.0298. The first kappa shape index (κ1) is 23.2. The van der Waals surface area contributed by atoms with Crippen LogP contribution in [0.25, 0.3) is 0 Å². The summed E-state index contributed by atoms with van der Waals surface area (Å²) in [5, 5.41) is 4.22. The Hall–Kier alpha value is -1.46. The Morgan fingerprint density at radius 2 is 1.90 bits per heavy atom. The van der Waals surface area contributed by atoms with E-state index in [0.717, 1.165) is 4.88 Å². The number of sulfone groups is 2. The van der Waals surface area contributed by atoms with Gasteiger partial charge >= 0.3 is 0 Å². The van der Waals surface area contributed by atoms with E-state index < -0.39 is 31.0 Å². The number of likely N-dealkylation sites (N-methyl/N-ethyl adjacent to an activating group) is 1. The van der Waals surface area contributed by atoms with E-state index >= 15 is 0 Å². The van der Waals surface area contributed by atoms with E-state index in [1.54, 1.807) is 23.5 Å². The largest absolute Gasteiger partial charge is 0.494 e. The molecule has 1 fully saturated rings. The lowest BCUT2D eigenvalue weighted by molar-refractivity contribution is 0.285. The van der Waals surface area contributed by atoms with Crippen molar-refractivity contribution in [3.8, 4) is 5.75 Å². The zero-order chi connectivity index (χ0) is 21.9. The van der Waals surface area contributed by atoms with Crippen LogP contribution in [0.5, 0.6) is 5.75 Å². The summed E-state index contributed by atoms with van der Waals surface area (Å²) in [4.78, 5) is 3.29. The van der Waals surface area contributed by atoms with E-state index in [1.165, 1.54) is 12.1 Å². The second-order valence-corrected chi connectivity index (χ2v) is 12.9. The van der Waals surface area contributed by atoms with Crippen LogP contribution in [0, 0.1) is 0 Å². The molecule has 30 heavy (non-hydrogen) atoms. The van der Waals surface area contributed by atoms with Gasteiger partial charge in [0.25, 0.3) is 0 Å². The molecule has 0 radical (unpaired) electrons. The molecule has 1 aromatic heterocycles. The number of ether oxygens (including phenoxy) is 1. The van der Waals surface area contributed by atoms with Gasteiger partial charge in [-0.05, 0) is 56.7 Å². The molecule has 3 rings (SSSR count). The smallest absolute Gasteiger partial charge is 0.183 e. The van der Waals surface area contributed by atoms with Crippen molar-refractivity contribution in [2.45, 2.75) is 29.2 Å². The molecule has 0 amide bonds. The Labute approximate surface area is 182 Å². The number of nitrogens with one attached hydrogen (secondary N) is 1. The van der Waals surface area contributed by atoms with Crippen molar-refractivity contribution in [1.29, 1.82) is 0 Å². The van der Waals surface area contributed by atoms with Crippen LogP contribution in [0.15, 0.2) is 46.7 Å². The van der Waals surface area contributed by atoms with Crippen LogP contribution in [0.4, 0.5) is 0 Å². The first-order valence-electron chi connectivity index (χ1n) is 9.74. The van der Waals surface area contributed by atoms with Gasteiger partial charge in [-0.2, -0.15) is 0 Å². The standard InChI is InChI=1S/C20H28N2O5S3/c1-4-27-15-7-9-16(10-8-15)30(25,26)20-14-29(23,24)13-17(20)21-12-18(22(2)3)19-6-5-11-28-19/h5-11,17-18,20-21H,4,12-14H2,1-3H3/t17-,18?,20-/m0/s1. The lowest BCUT2D eigenvalue weighted by Crippen LogP contribution is -2.46. The lowest BCUT2D eigenvalue weighted by atomic mass is 10.2. The van der Waals surface area contributed by atoms with Gasteiger partial charge < -0.3 is 15.0 Å². The molecule has 10 heteroatoms. The minimum Gasteiger partial charge on any atom is -0.494 e. The molecular weight excluding hydrogens is 444 g/mol. The van der Waals surface area contributed by atoms with Crippen LogP contribution in [0.2, 0.25) is 0 Å². The molecular formula is C20H28N2O5S3.